The van der Waals surface area contributed by atoms with Crippen LogP contribution in [0.4, 0.5) is 0 Å². The molecule has 128 valence electrons. The normalized spacial score (nSPS) is 16.0. The molecule has 0 atom stereocenters. The monoisotopic (exact) mass is 360 g/mol. The van der Waals surface area contributed by atoms with Crippen molar-refractivity contribution in [1.82, 2.24) is 0 Å². The maximum atomic E-state index is 14.0. The maximum Gasteiger partial charge on any atom is 0.248 e. The van der Waals surface area contributed by atoms with Gasteiger partial charge in [-0.15, -0.1) is 0 Å². The Morgan fingerprint density at radius 1 is 0.577 bits per heavy atom. The van der Waals surface area contributed by atoms with E-state index in [0.29, 0.717) is 29.3 Å². The number of rotatable bonds is 1. The number of carbonyl (C=O) groups excluding carboxylic acids is 2. The third kappa shape index (κ3) is 2.56. The van der Waals surface area contributed by atoms with E-state index in [4.69, 9.17) is 0 Å². The van der Waals surface area contributed by atoms with E-state index in [-0.39, 0.29) is 0 Å². The molecule has 1 aliphatic rings. The van der Waals surface area contributed by atoms with Crippen LogP contribution < -0.4 is 5.30 Å². The van der Waals surface area contributed by atoms with Crippen molar-refractivity contribution in [2.24, 2.45) is 0 Å². The number of carbonyl (C=O) groups is 2. The van der Waals surface area contributed by atoms with Crippen LogP contribution in [-0.4, -0.2) is 11.0 Å². The van der Waals surface area contributed by atoms with Crippen LogP contribution >= 0.6 is 7.14 Å². The van der Waals surface area contributed by atoms with Gasteiger partial charge in [0.1, 0.15) is 0 Å². The summed E-state index contributed by atoms with van der Waals surface area (Å²) >= 11 is 0. The predicted molar refractivity (Wildman–Crippen MR) is 103 cm³/mol. The lowest BCUT2D eigenvalue weighted by molar-refractivity contribution is 0.104. The van der Waals surface area contributed by atoms with Crippen LogP contribution in [-0.2, 0) is 17.4 Å². The van der Waals surface area contributed by atoms with Gasteiger partial charge in [0.15, 0.2) is 0 Å². The minimum Gasteiger partial charge on any atom is -0.302 e. The van der Waals surface area contributed by atoms with Crippen LogP contribution in [0.25, 0.3) is 0 Å². The van der Waals surface area contributed by atoms with Crippen LogP contribution in [0.15, 0.2) is 78.9 Å². The van der Waals surface area contributed by atoms with Crippen molar-refractivity contribution in [3.63, 3.8) is 0 Å². The lowest BCUT2D eigenvalue weighted by Crippen LogP contribution is -2.21. The van der Waals surface area contributed by atoms with E-state index >= 15 is 0 Å². The quantitative estimate of drug-likeness (QED) is 0.602. The van der Waals surface area contributed by atoms with Crippen molar-refractivity contribution in [3.05, 3.63) is 101 Å². The molecule has 1 heterocycles. The van der Waals surface area contributed by atoms with Gasteiger partial charge < -0.3 is 4.57 Å². The van der Waals surface area contributed by atoms with Gasteiger partial charge in [-0.05, 0) is 24.0 Å². The van der Waals surface area contributed by atoms with Crippen molar-refractivity contribution in [1.29, 1.82) is 0 Å². The minimum atomic E-state index is -3.99. The molecule has 0 amide bonds. The molecule has 0 saturated carbocycles. The lowest BCUT2D eigenvalue weighted by atomic mass is 9.98. The van der Waals surface area contributed by atoms with Gasteiger partial charge in [0, 0.05) is 16.4 Å². The van der Waals surface area contributed by atoms with Gasteiger partial charge in [0.25, 0.3) is 0 Å². The van der Waals surface area contributed by atoms with Crippen molar-refractivity contribution in [3.8, 4) is 0 Å². The average molecular weight is 360 g/mol. The molecule has 4 rings (SSSR count). The first-order valence-corrected chi connectivity index (χ1v) is 10.2. The molecular formula is C22H17O3P. The Hall–Kier alpha value is -2.77. The summed E-state index contributed by atoms with van der Waals surface area (Å²) in [4.78, 5) is 26.8. The summed E-state index contributed by atoms with van der Waals surface area (Å²) in [5, 5.41) is 0.293. The summed E-state index contributed by atoms with van der Waals surface area (Å²) in [6, 6.07) is 22.8. The van der Waals surface area contributed by atoms with E-state index in [1.54, 1.807) is 54.6 Å². The van der Waals surface area contributed by atoms with E-state index in [2.05, 4.69) is 0 Å². The number of fused-ring (bicyclic) bond motifs is 2. The van der Waals surface area contributed by atoms with E-state index in [1.165, 1.54) is 0 Å². The summed E-state index contributed by atoms with van der Waals surface area (Å²) in [5.41, 5.74) is 1.31. The minimum absolute atomic E-state index is 0.293. The molecule has 0 fully saturated rings. The number of hydrogen-bond donors (Lipinski definition) is 0. The Morgan fingerprint density at radius 2 is 1.00 bits per heavy atom. The molecule has 0 bridgehead atoms. The summed E-state index contributed by atoms with van der Waals surface area (Å²) in [6.45, 7) is 0. The summed E-state index contributed by atoms with van der Waals surface area (Å²) in [6.07, 6.45) is 1.25. The molecule has 3 aromatic carbocycles. The smallest absolute Gasteiger partial charge is 0.248 e. The summed E-state index contributed by atoms with van der Waals surface area (Å²) in [7, 11) is -3.99. The molecular weight excluding hydrogens is 343 g/mol. The first-order chi connectivity index (χ1) is 12.6. The van der Waals surface area contributed by atoms with E-state index < -0.39 is 18.2 Å². The van der Waals surface area contributed by atoms with Gasteiger partial charge in [-0.3, -0.25) is 9.59 Å². The second kappa shape index (κ2) is 6.51. The molecule has 0 spiro atoms. The second-order valence-electron chi connectivity index (χ2n) is 6.37. The fourth-order valence-corrected chi connectivity index (χ4v) is 5.83. The third-order valence-corrected chi connectivity index (χ3v) is 7.50. The highest BCUT2D eigenvalue weighted by molar-refractivity contribution is 8.01. The molecule has 4 heteroatoms. The molecule has 3 nitrogen and oxygen atoms in total. The zero-order valence-corrected chi connectivity index (χ0v) is 15.0. The molecule has 0 radical (unpaired) electrons. The third-order valence-electron chi connectivity index (χ3n) is 4.85. The summed E-state index contributed by atoms with van der Waals surface area (Å²) < 4.78 is 14.0. The Kier molecular flexibility index (Phi) is 4.18. The first kappa shape index (κ1) is 16.7. The van der Waals surface area contributed by atoms with Crippen molar-refractivity contribution in [2.45, 2.75) is 12.8 Å². The van der Waals surface area contributed by atoms with Gasteiger partial charge in [-0.2, -0.15) is 0 Å². The van der Waals surface area contributed by atoms with Crippen molar-refractivity contribution < 1.29 is 14.2 Å². The van der Waals surface area contributed by atoms with Gasteiger partial charge in [0.2, 0.25) is 18.2 Å². The predicted octanol–water partition coefficient (Wildman–Crippen LogP) is 4.45. The fraction of sp³-hybridized carbons (Fsp3) is 0.0909. The molecule has 0 aliphatic carbocycles. The Labute approximate surface area is 152 Å². The van der Waals surface area contributed by atoms with Gasteiger partial charge >= 0.3 is 0 Å². The van der Waals surface area contributed by atoms with Crippen molar-refractivity contribution >= 4 is 23.5 Å². The van der Waals surface area contributed by atoms with E-state index in [9.17, 15) is 14.2 Å². The maximum absolute atomic E-state index is 14.0. The van der Waals surface area contributed by atoms with Crippen LogP contribution in [0.2, 0.25) is 0 Å². The summed E-state index contributed by atoms with van der Waals surface area (Å²) in [5.74, 6) is 0. The molecule has 0 N–H and O–H groups in total. The molecule has 0 unspecified atom stereocenters. The standard InChI is InChI=1S/C22H17O3P/c23-21-19-12-6-4-8-16(19)14-15-17-9-5-7-13-20(17)22(24)26(21,25)18-10-2-1-3-11-18/h1-13H,14-15H2. The highest BCUT2D eigenvalue weighted by atomic mass is 31.2. The average Bonchev–Trinajstić information content (AvgIpc) is 2.74. The van der Waals surface area contributed by atoms with Crippen LogP contribution in [0.3, 0.4) is 0 Å². The number of aryl methyl sites for hydroxylation is 2. The second-order valence-corrected chi connectivity index (χ2v) is 8.92. The Morgan fingerprint density at radius 3 is 1.50 bits per heavy atom. The van der Waals surface area contributed by atoms with Crippen LogP contribution in [0.1, 0.15) is 31.8 Å². The van der Waals surface area contributed by atoms with Gasteiger partial charge in [-0.1, -0.05) is 78.9 Å². The molecule has 0 aromatic heterocycles. The topological polar surface area (TPSA) is 51.2 Å². The Bertz CT molecular complexity index is 990. The number of benzene rings is 3. The molecule has 3 aromatic rings. The van der Waals surface area contributed by atoms with Crippen LogP contribution in [0.5, 0.6) is 0 Å². The van der Waals surface area contributed by atoms with Gasteiger partial charge in [0.05, 0.1) is 0 Å². The highest BCUT2D eigenvalue weighted by Gasteiger charge is 2.44. The molecule has 26 heavy (non-hydrogen) atoms. The fourth-order valence-electron chi connectivity index (χ4n) is 3.47. The largest absolute Gasteiger partial charge is 0.302 e. The van der Waals surface area contributed by atoms with E-state index in [0.717, 1.165) is 11.1 Å². The molecule has 1 aliphatic heterocycles. The Balaban J connectivity index is 2.04. The van der Waals surface area contributed by atoms with Crippen molar-refractivity contribution in [2.75, 3.05) is 0 Å². The van der Waals surface area contributed by atoms with Gasteiger partial charge in [-0.25, -0.2) is 0 Å². The molecule has 0 saturated heterocycles. The zero-order chi connectivity index (χ0) is 18.1. The van der Waals surface area contributed by atoms with E-state index in [1.807, 2.05) is 24.3 Å². The first-order valence-electron chi connectivity index (χ1n) is 8.53. The number of hydrogen-bond acceptors (Lipinski definition) is 3. The van der Waals surface area contributed by atoms with Crippen LogP contribution in [0, 0.1) is 0 Å². The zero-order valence-electron chi connectivity index (χ0n) is 14.1. The SMILES string of the molecule is O=C1c2ccccc2CCc2ccccc2C(=O)P1(=O)c1ccccc1. The lowest BCUT2D eigenvalue weighted by Gasteiger charge is -2.17. The highest BCUT2D eigenvalue weighted by Crippen LogP contribution is 2.52.